The average Bonchev–Trinajstić information content (AvgIpc) is 2.85. The molecule has 0 radical (unpaired) electrons. The minimum absolute atomic E-state index is 0.277. The second-order valence-electron chi connectivity index (χ2n) is 5.35. The topological polar surface area (TPSA) is 80.2 Å². The molecule has 6 heteroatoms. The summed E-state index contributed by atoms with van der Waals surface area (Å²) < 4.78 is 15.8. The first-order valence-corrected chi connectivity index (χ1v) is 7.51. The quantitative estimate of drug-likeness (QED) is 0.437. The van der Waals surface area contributed by atoms with Crippen LogP contribution in [0.1, 0.15) is 26.2 Å². The van der Waals surface area contributed by atoms with E-state index in [-0.39, 0.29) is 6.61 Å². The zero-order chi connectivity index (χ0) is 14.7. The van der Waals surface area contributed by atoms with Gasteiger partial charge in [-0.3, -0.25) is 0 Å². The van der Waals surface area contributed by atoms with Gasteiger partial charge in [0.05, 0.1) is 32.5 Å². The summed E-state index contributed by atoms with van der Waals surface area (Å²) >= 11 is 0. The third-order valence-corrected chi connectivity index (χ3v) is 3.24. The third kappa shape index (κ3) is 8.14. The van der Waals surface area contributed by atoms with Gasteiger partial charge in [-0.1, -0.05) is 13.3 Å². The van der Waals surface area contributed by atoms with Crippen molar-refractivity contribution in [3.05, 3.63) is 0 Å². The Morgan fingerprint density at radius 3 is 2.80 bits per heavy atom. The largest absolute Gasteiger partial charge is 0.389 e. The van der Waals surface area contributed by atoms with Crippen LogP contribution in [0.15, 0.2) is 0 Å². The van der Waals surface area contributed by atoms with E-state index >= 15 is 0 Å². The molecular formula is C14H29NO5. The standard InChI is InChI=1S/C14H29NO5/c1-2-3-5-18-7-8-19-10-13(16)9-15-11-14(17)4-6-20-12-14/h13,15-17H,2-12H2,1H3. The van der Waals surface area contributed by atoms with Crippen LogP contribution in [0.25, 0.3) is 0 Å². The third-order valence-electron chi connectivity index (χ3n) is 3.24. The lowest BCUT2D eigenvalue weighted by Gasteiger charge is -2.21. The number of nitrogens with one attached hydrogen (secondary N) is 1. The zero-order valence-corrected chi connectivity index (χ0v) is 12.5. The van der Waals surface area contributed by atoms with E-state index in [1.165, 1.54) is 0 Å². The van der Waals surface area contributed by atoms with Gasteiger partial charge in [-0.25, -0.2) is 0 Å². The maximum Gasteiger partial charge on any atom is 0.102 e. The van der Waals surface area contributed by atoms with Crippen molar-refractivity contribution in [2.45, 2.75) is 37.9 Å². The molecule has 1 saturated heterocycles. The highest BCUT2D eigenvalue weighted by Crippen LogP contribution is 2.16. The van der Waals surface area contributed by atoms with Crippen LogP contribution < -0.4 is 5.32 Å². The Morgan fingerprint density at radius 1 is 1.30 bits per heavy atom. The van der Waals surface area contributed by atoms with Crippen LogP contribution in [-0.4, -0.2) is 74.6 Å². The van der Waals surface area contributed by atoms with E-state index in [2.05, 4.69) is 12.2 Å². The lowest BCUT2D eigenvalue weighted by atomic mass is 10.0. The van der Waals surface area contributed by atoms with Crippen molar-refractivity contribution in [1.82, 2.24) is 5.32 Å². The average molecular weight is 291 g/mol. The van der Waals surface area contributed by atoms with Crippen molar-refractivity contribution in [2.24, 2.45) is 0 Å². The number of aliphatic hydroxyl groups is 2. The molecule has 1 rings (SSSR count). The zero-order valence-electron chi connectivity index (χ0n) is 12.5. The van der Waals surface area contributed by atoms with Gasteiger partial charge in [0.1, 0.15) is 5.60 Å². The van der Waals surface area contributed by atoms with Crippen molar-refractivity contribution >= 4 is 0 Å². The number of hydrogen-bond donors (Lipinski definition) is 3. The van der Waals surface area contributed by atoms with Gasteiger partial charge in [-0.15, -0.1) is 0 Å². The SMILES string of the molecule is CCCCOCCOCC(O)CNCC1(O)CCOC1. The van der Waals surface area contributed by atoms with Crippen molar-refractivity contribution < 1.29 is 24.4 Å². The van der Waals surface area contributed by atoms with Gasteiger partial charge >= 0.3 is 0 Å². The normalized spacial score (nSPS) is 24.1. The predicted molar refractivity (Wildman–Crippen MR) is 75.8 cm³/mol. The van der Waals surface area contributed by atoms with Crippen molar-refractivity contribution in [3.63, 3.8) is 0 Å². The fourth-order valence-electron chi connectivity index (χ4n) is 1.95. The molecule has 0 aromatic carbocycles. The first-order chi connectivity index (χ1) is 9.66. The van der Waals surface area contributed by atoms with E-state index < -0.39 is 11.7 Å². The molecule has 120 valence electrons. The summed E-state index contributed by atoms with van der Waals surface area (Å²) in [7, 11) is 0. The van der Waals surface area contributed by atoms with Gasteiger partial charge < -0.3 is 29.7 Å². The number of ether oxygens (including phenoxy) is 3. The fraction of sp³-hybridized carbons (Fsp3) is 1.00. The number of hydrogen-bond acceptors (Lipinski definition) is 6. The van der Waals surface area contributed by atoms with Gasteiger partial charge in [-0.2, -0.15) is 0 Å². The van der Waals surface area contributed by atoms with Crippen molar-refractivity contribution in [2.75, 3.05) is 52.7 Å². The highest BCUT2D eigenvalue weighted by Gasteiger charge is 2.31. The molecule has 1 aliphatic rings. The summed E-state index contributed by atoms with van der Waals surface area (Å²) in [5.41, 5.74) is -0.784. The van der Waals surface area contributed by atoms with Crippen LogP contribution in [0.4, 0.5) is 0 Å². The van der Waals surface area contributed by atoms with Gasteiger partial charge in [0, 0.05) is 32.7 Å². The lowest BCUT2D eigenvalue weighted by Crippen LogP contribution is -2.44. The molecule has 20 heavy (non-hydrogen) atoms. The molecule has 0 amide bonds. The van der Waals surface area contributed by atoms with Gasteiger partial charge in [0.2, 0.25) is 0 Å². The molecule has 1 heterocycles. The van der Waals surface area contributed by atoms with E-state index in [0.29, 0.717) is 45.9 Å². The molecule has 2 unspecified atom stereocenters. The van der Waals surface area contributed by atoms with Gasteiger partial charge in [0.15, 0.2) is 0 Å². The van der Waals surface area contributed by atoms with E-state index in [4.69, 9.17) is 14.2 Å². The number of unbranched alkanes of at least 4 members (excludes halogenated alkanes) is 1. The van der Waals surface area contributed by atoms with Crippen LogP contribution in [0.3, 0.4) is 0 Å². The smallest absolute Gasteiger partial charge is 0.102 e. The number of aliphatic hydroxyl groups excluding tert-OH is 1. The Kier molecular flexibility index (Phi) is 9.33. The molecule has 1 fully saturated rings. The molecule has 0 aromatic heterocycles. The molecule has 0 spiro atoms. The molecular weight excluding hydrogens is 262 g/mol. The molecule has 1 aliphatic heterocycles. The first-order valence-electron chi connectivity index (χ1n) is 7.51. The Labute approximate surface area is 121 Å². The second kappa shape index (κ2) is 10.5. The first kappa shape index (κ1) is 17.8. The molecule has 6 nitrogen and oxygen atoms in total. The summed E-state index contributed by atoms with van der Waals surface area (Å²) in [6.07, 6.45) is 2.26. The summed E-state index contributed by atoms with van der Waals surface area (Å²) in [6.45, 7) is 6.03. The highest BCUT2D eigenvalue weighted by atomic mass is 16.5. The highest BCUT2D eigenvalue weighted by molar-refractivity contribution is 4.85. The van der Waals surface area contributed by atoms with E-state index in [9.17, 15) is 10.2 Å². The molecule has 2 atom stereocenters. The molecule has 0 aromatic rings. The Hall–Kier alpha value is -0.240. The van der Waals surface area contributed by atoms with Gasteiger partial charge in [-0.05, 0) is 6.42 Å². The van der Waals surface area contributed by atoms with Crippen molar-refractivity contribution in [3.8, 4) is 0 Å². The van der Waals surface area contributed by atoms with Crippen LogP contribution in [-0.2, 0) is 14.2 Å². The molecule has 0 saturated carbocycles. The Bertz CT molecular complexity index is 234. The molecule has 0 aliphatic carbocycles. The Balaban J connectivity index is 1.88. The monoisotopic (exact) mass is 291 g/mol. The van der Waals surface area contributed by atoms with Crippen LogP contribution >= 0.6 is 0 Å². The maximum absolute atomic E-state index is 10.0. The summed E-state index contributed by atoms with van der Waals surface area (Å²) in [5.74, 6) is 0. The fourth-order valence-corrected chi connectivity index (χ4v) is 1.95. The predicted octanol–water partition coefficient (Wildman–Crippen LogP) is -0.0784. The van der Waals surface area contributed by atoms with Crippen LogP contribution in [0.5, 0.6) is 0 Å². The minimum atomic E-state index is -0.784. The summed E-state index contributed by atoms with van der Waals surface area (Å²) in [6, 6.07) is 0. The van der Waals surface area contributed by atoms with Gasteiger partial charge in [0.25, 0.3) is 0 Å². The van der Waals surface area contributed by atoms with Crippen LogP contribution in [0, 0.1) is 0 Å². The maximum atomic E-state index is 10.0. The van der Waals surface area contributed by atoms with E-state index in [1.807, 2.05) is 0 Å². The van der Waals surface area contributed by atoms with E-state index in [1.54, 1.807) is 0 Å². The summed E-state index contributed by atoms with van der Waals surface area (Å²) in [5, 5.41) is 22.8. The second-order valence-corrected chi connectivity index (χ2v) is 5.35. The molecule has 0 bridgehead atoms. The van der Waals surface area contributed by atoms with Crippen LogP contribution in [0.2, 0.25) is 0 Å². The molecule has 3 N–H and O–H groups in total. The van der Waals surface area contributed by atoms with E-state index in [0.717, 1.165) is 19.4 Å². The minimum Gasteiger partial charge on any atom is -0.389 e. The Morgan fingerprint density at radius 2 is 2.10 bits per heavy atom. The van der Waals surface area contributed by atoms with Crippen molar-refractivity contribution in [1.29, 1.82) is 0 Å². The number of rotatable bonds is 12. The lowest BCUT2D eigenvalue weighted by molar-refractivity contribution is -0.00205. The summed E-state index contributed by atoms with van der Waals surface area (Å²) in [4.78, 5) is 0.